The minimum atomic E-state index is -0.423. The van der Waals surface area contributed by atoms with Crippen molar-refractivity contribution in [1.29, 1.82) is 0 Å². The van der Waals surface area contributed by atoms with Gasteiger partial charge in [-0.1, -0.05) is 44.2 Å². The Morgan fingerprint density at radius 1 is 1.30 bits per heavy atom. The first-order chi connectivity index (χ1) is 12.6. The number of aromatic nitrogens is 4. The first-order valence-corrected chi connectivity index (χ1v) is 9.38. The Morgan fingerprint density at radius 2 is 2.04 bits per heavy atom. The zero-order valence-corrected chi connectivity index (χ0v) is 17.0. The molecule has 148 valence electrons. The van der Waals surface area contributed by atoms with Crippen LogP contribution in [0.4, 0.5) is 0 Å². The molecule has 2 unspecified atom stereocenters. The molecule has 2 heterocycles. The molecule has 2 aromatic rings. The van der Waals surface area contributed by atoms with Crippen LogP contribution in [0.3, 0.4) is 0 Å². The number of tetrazole rings is 1. The molecule has 1 saturated heterocycles. The van der Waals surface area contributed by atoms with Crippen LogP contribution in [0.15, 0.2) is 30.3 Å². The number of nitrogens with zero attached hydrogens (tertiary/aromatic N) is 5. The lowest BCUT2D eigenvalue weighted by Gasteiger charge is -2.35. The molecule has 0 saturated carbocycles. The van der Waals surface area contributed by atoms with Crippen molar-refractivity contribution in [2.75, 3.05) is 26.7 Å². The molecule has 3 rings (SSSR count). The van der Waals surface area contributed by atoms with Crippen molar-refractivity contribution >= 4 is 18.3 Å². The molecule has 1 aliphatic rings. The number of hydrogen-bond acceptors (Lipinski definition) is 5. The fourth-order valence-corrected chi connectivity index (χ4v) is 3.60. The average Bonchev–Trinajstić information content (AvgIpc) is 3.12. The number of likely N-dealkylation sites (tertiary alicyclic amines) is 1. The molecule has 0 aliphatic carbocycles. The molecule has 0 radical (unpaired) electrons. The monoisotopic (exact) mass is 392 g/mol. The number of benzene rings is 1. The molecule has 1 aromatic carbocycles. The summed E-state index contributed by atoms with van der Waals surface area (Å²) < 4.78 is 0. The molecule has 7 nitrogen and oxygen atoms in total. The van der Waals surface area contributed by atoms with Gasteiger partial charge in [0.1, 0.15) is 0 Å². The van der Waals surface area contributed by atoms with Gasteiger partial charge in [-0.2, -0.15) is 4.80 Å². The maximum Gasteiger partial charge on any atom is 0.249 e. The number of rotatable bonds is 6. The van der Waals surface area contributed by atoms with Crippen LogP contribution in [0.2, 0.25) is 0 Å². The highest BCUT2D eigenvalue weighted by Crippen LogP contribution is 2.24. The molecule has 8 heteroatoms. The number of carbonyl (C=O) groups excluding carboxylic acids is 1. The van der Waals surface area contributed by atoms with Crippen molar-refractivity contribution in [3.8, 4) is 11.4 Å². The second-order valence-corrected chi connectivity index (χ2v) is 7.34. The third-order valence-corrected chi connectivity index (χ3v) is 4.92. The highest BCUT2D eigenvalue weighted by Gasteiger charge is 2.33. The van der Waals surface area contributed by atoms with Gasteiger partial charge in [0.2, 0.25) is 11.7 Å². The summed E-state index contributed by atoms with van der Waals surface area (Å²) in [6, 6.07) is 9.30. The summed E-state index contributed by atoms with van der Waals surface area (Å²) in [5.41, 5.74) is 0.903. The smallest absolute Gasteiger partial charge is 0.249 e. The summed E-state index contributed by atoms with van der Waals surface area (Å²) >= 11 is 0. The minimum absolute atomic E-state index is 0. The Hall–Kier alpha value is -1.99. The molecule has 1 N–H and O–H groups in total. The number of hydrogen-bond donors (Lipinski definition) is 1. The minimum Gasteiger partial charge on any atom is -0.340 e. The predicted octanol–water partition coefficient (Wildman–Crippen LogP) is 2.42. The third-order valence-electron chi connectivity index (χ3n) is 4.92. The van der Waals surface area contributed by atoms with E-state index in [1.54, 1.807) is 0 Å². The second kappa shape index (κ2) is 9.80. The number of nitrogens with one attached hydrogen (secondary N) is 1. The summed E-state index contributed by atoms with van der Waals surface area (Å²) in [7, 11) is 1.96. The lowest BCUT2D eigenvalue weighted by Crippen LogP contribution is -2.46. The van der Waals surface area contributed by atoms with Gasteiger partial charge in [-0.25, -0.2) is 0 Å². The van der Waals surface area contributed by atoms with Gasteiger partial charge in [0, 0.05) is 18.7 Å². The van der Waals surface area contributed by atoms with Crippen molar-refractivity contribution in [3.05, 3.63) is 30.3 Å². The van der Waals surface area contributed by atoms with Crippen LogP contribution >= 0.6 is 12.4 Å². The fourth-order valence-electron chi connectivity index (χ4n) is 3.60. The van der Waals surface area contributed by atoms with Gasteiger partial charge in [-0.05, 0) is 43.5 Å². The lowest BCUT2D eigenvalue weighted by molar-refractivity contribution is -0.138. The highest BCUT2D eigenvalue weighted by atomic mass is 35.5. The van der Waals surface area contributed by atoms with Crippen molar-refractivity contribution in [3.63, 3.8) is 0 Å². The van der Waals surface area contributed by atoms with Crippen LogP contribution in [0, 0.1) is 11.8 Å². The number of piperidine rings is 1. The van der Waals surface area contributed by atoms with Gasteiger partial charge in [0.15, 0.2) is 6.04 Å². The number of amides is 1. The van der Waals surface area contributed by atoms with Crippen LogP contribution in [0.25, 0.3) is 11.4 Å². The Balaban J connectivity index is 0.00000261. The summed E-state index contributed by atoms with van der Waals surface area (Å²) in [4.78, 5) is 16.7. The van der Waals surface area contributed by atoms with Crippen LogP contribution in [-0.2, 0) is 4.79 Å². The number of halogens is 1. The van der Waals surface area contributed by atoms with Gasteiger partial charge in [-0.3, -0.25) is 4.79 Å². The Morgan fingerprint density at radius 3 is 2.70 bits per heavy atom. The largest absolute Gasteiger partial charge is 0.340 e. The quantitative estimate of drug-likeness (QED) is 0.816. The first kappa shape index (κ1) is 21.3. The molecule has 2 atom stereocenters. The van der Waals surface area contributed by atoms with Crippen molar-refractivity contribution in [2.24, 2.45) is 11.8 Å². The summed E-state index contributed by atoms with van der Waals surface area (Å²) in [5.74, 6) is 1.24. The van der Waals surface area contributed by atoms with Gasteiger partial charge in [0.05, 0.1) is 0 Å². The van der Waals surface area contributed by atoms with Gasteiger partial charge < -0.3 is 10.2 Å². The van der Waals surface area contributed by atoms with E-state index < -0.39 is 6.04 Å². The van der Waals surface area contributed by atoms with Crippen LogP contribution in [-0.4, -0.2) is 57.7 Å². The molecule has 27 heavy (non-hydrogen) atoms. The van der Waals surface area contributed by atoms with E-state index in [1.165, 1.54) is 4.80 Å². The van der Waals surface area contributed by atoms with E-state index in [4.69, 9.17) is 0 Å². The topological polar surface area (TPSA) is 75.9 Å². The van der Waals surface area contributed by atoms with E-state index in [1.807, 2.05) is 56.1 Å². The summed E-state index contributed by atoms with van der Waals surface area (Å²) in [6.45, 7) is 6.60. The van der Waals surface area contributed by atoms with Gasteiger partial charge in [-0.15, -0.1) is 22.6 Å². The third kappa shape index (κ3) is 5.05. The van der Waals surface area contributed by atoms with Crippen molar-refractivity contribution in [2.45, 2.75) is 32.7 Å². The molecular weight excluding hydrogens is 364 g/mol. The Bertz CT molecular complexity index is 718. The summed E-state index contributed by atoms with van der Waals surface area (Å²) in [5, 5.41) is 16.1. The SMILES string of the molecule is CNCC1CCCN(C(=O)C(C(C)C)n2nnc(-c3ccccc3)n2)C1.Cl. The zero-order chi connectivity index (χ0) is 18.5. The normalized spacial score (nSPS) is 18.2. The molecule has 0 spiro atoms. The molecule has 0 bridgehead atoms. The van der Waals surface area contributed by atoms with E-state index in [0.29, 0.717) is 11.7 Å². The standard InChI is InChI=1S/C19H28N6O.ClH/c1-14(2)17(19(26)24-11-7-8-15(13-24)12-20-3)25-22-18(21-23-25)16-9-5-4-6-10-16;/h4-6,9-10,14-15,17,20H,7-8,11-13H2,1-3H3;1H. The maximum atomic E-state index is 13.2. The lowest BCUT2D eigenvalue weighted by atomic mass is 9.96. The fraction of sp³-hybridized carbons (Fsp3) is 0.579. The van der Waals surface area contributed by atoms with E-state index in [-0.39, 0.29) is 24.2 Å². The molecule has 1 aliphatic heterocycles. The van der Waals surface area contributed by atoms with E-state index >= 15 is 0 Å². The maximum absolute atomic E-state index is 13.2. The van der Waals surface area contributed by atoms with Crippen molar-refractivity contribution in [1.82, 2.24) is 30.4 Å². The van der Waals surface area contributed by atoms with Crippen molar-refractivity contribution < 1.29 is 4.79 Å². The zero-order valence-electron chi connectivity index (χ0n) is 16.2. The average molecular weight is 393 g/mol. The van der Waals surface area contributed by atoms with Gasteiger partial charge >= 0.3 is 0 Å². The Kier molecular flexibility index (Phi) is 7.74. The van der Waals surface area contributed by atoms with E-state index in [0.717, 1.165) is 38.0 Å². The Labute approximate surface area is 166 Å². The molecule has 1 fully saturated rings. The molecular formula is C19H29ClN6O. The molecule has 1 amide bonds. The highest BCUT2D eigenvalue weighted by molar-refractivity contribution is 5.85. The van der Waals surface area contributed by atoms with Crippen LogP contribution < -0.4 is 5.32 Å². The number of carbonyl (C=O) groups is 1. The first-order valence-electron chi connectivity index (χ1n) is 9.38. The molecule has 1 aromatic heterocycles. The predicted molar refractivity (Wildman–Crippen MR) is 108 cm³/mol. The van der Waals surface area contributed by atoms with Crippen LogP contribution in [0.5, 0.6) is 0 Å². The summed E-state index contributed by atoms with van der Waals surface area (Å²) in [6.07, 6.45) is 2.21. The van der Waals surface area contributed by atoms with Gasteiger partial charge in [0.25, 0.3) is 0 Å². The second-order valence-electron chi connectivity index (χ2n) is 7.34. The van der Waals surface area contributed by atoms with E-state index in [2.05, 4.69) is 20.7 Å². The van der Waals surface area contributed by atoms with E-state index in [9.17, 15) is 4.79 Å². The van der Waals surface area contributed by atoms with Crippen LogP contribution in [0.1, 0.15) is 32.7 Å².